The maximum atomic E-state index is 4.67. The summed E-state index contributed by atoms with van der Waals surface area (Å²) >= 11 is 0. The lowest BCUT2D eigenvalue weighted by Gasteiger charge is -2.28. The van der Waals surface area contributed by atoms with Crippen molar-refractivity contribution in [2.45, 2.75) is 58.8 Å². The normalized spacial score (nSPS) is 21.3. The minimum Gasteiger partial charge on any atom is -0.344 e. The zero-order valence-electron chi connectivity index (χ0n) is 19.1. The molecular formula is C27H37N3. The molecule has 0 atom stereocenters. The summed E-state index contributed by atoms with van der Waals surface area (Å²) in [7, 11) is 1.75. The van der Waals surface area contributed by atoms with Crippen molar-refractivity contribution in [1.29, 1.82) is 0 Å². The van der Waals surface area contributed by atoms with E-state index in [4.69, 9.17) is 0 Å². The van der Waals surface area contributed by atoms with Crippen LogP contribution in [0.4, 0.5) is 0 Å². The Bertz CT molecular complexity index is 829. The zero-order chi connectivity index (χ0) is 21.9. The van der Waals surface area contributed by atoms with Crippen molar-refractivity contribution < 1.29 is 0 Å². The number of benzene rings is 1. The molecular weight excluding hydrogens is 366 g/mol. The van der Waals surface area contributed by atoms with Gasteiger partial charge in [-0.25, -0.2) is 0 Å². The van der Waals surface area contributed by atoms with Crippen LogP contribution >= 0.6 is 0 Å². The number of nitrogens with one attached hydrogen (secondary N) is 1. The Morgan fingerprint density at radius 2 is 1.77 bits per heavy atom. The first-order valence-electron chi connectivity index (χ1n) is 11.0. The molecule has 0 spiro atoms. The Labute approximate surface area is 183 Å². The van der Waals surface area contributed by atoms with Gasteiger partial charge in [0.15, 0.2) is 0 Å². The van der Waals surface area contributed by atoms with E-state index in [1.807, 2.05) is 26.1 Å². The average molecular weight is 404 g/mol. The first-order valence-corrected chi connectivity index (χ1v) is 11.0. The van der Waals surface area contributed by atoms with Gasteiger partial charge in [-0.05, 0) is 68.6 Å². The van der Waals surface area contributed by atoms with E-state index in [0.717, 1.165) is 34.3 Å². The second kappa shape index (κ2) is 12.1. The summed E-state index contributed by atoms with van der Waals surface area (Å²) in [4.78, 5) is 9.00. The molecule has 1 aromatic rings. The lowest BCUT2D eigenvalue weighted by atomic mass is 9.78. The Morgan fingerprint density at radius 1 is 1.10 bits per heavy atom. The fraction of sp³-hybridized carbons (Fsp3) is 0.407. The molecule has 0 radical (unpaired) electrons. The highest BCUT2D eigenvalue weighted by Gasteiger charge is 2.21. The van der Waals surface area contributed by atoms with E-state index < -0.39 is 0 Å². The van der Waals surface area contributed by atoms with Crippen LogP contribution in [0.5, 0.6) is 0 Å². The fourth-order valence-electron chi connectivity index (χ4n) is 4.01. The first-order chi connectivity index (χ1) is 14.5. The third kappa shape index (κ3) is 6.69. The van der Waals surface area contributed by atoms with Crippen molar-refractivity contribution in [1.82, 2.24) is 5.32 Å². The van der Waals surface area contributed by atoms with Crippen LogP contribution in [0.1, 0.15) is 69.9 Å². The van der Waals surface area contributed by atoms with Crippen molar-refractivity contribution >= 4 is 11.5 Å². The van der Waals surface area contributed by atoms with Crippen molar-refractivity contribution in [3.63, 3.8) is 0 Å². The molecule has 0 aliphatic heterocycles. The zero-order valence-corrected chi connectivity index (χ0v) is 19.1. The third-order valence-corrected chi connectivity index (χ3v) is 6.02. The molecule has 0 heterocycles. The first kappa shape index (κ1) is 23.6. The molecule has 0 bridgehead atoms. The molecule has 0 saturated heterocycles. The van der Waals surface area contributed by atoms with E-state index in [9.17, 15) is 0 Å². The molecule has 30 heavy (non-hydrogen) atoms. The van der Waals surface area contributed by atoms with Crippen LogP contribution in [-0.2, 0) is 0 Å². The predicted octanol–water partition coefficient (Wildman–Crippen LogP) is 6.96. The van der Waals surface area contributed by atoms with Crippen LogP contribution in [0.25, 0.3) is 0 Å². The second-order valence-corrected chi connectivity index (χ2v) is 8.03. The number of hydrogen-bond donors (Lipinski definition) is 1. The van der Waals surface area contributed by atoms with Crippen LogP contribution in [0.2, 0.25) is 0 Å². The van der Waals surface area contributed by atoms with Crippen molar-refractivity contribution in [2.24, 2.45) is 15.9 Å². The van der Waals surface area contributed by atoms with Crippen molar-refractivity contribution in [3.05, 3.63) is 84.2 Å². The molecule has 0 amide bonds. The molecule has 1 aliphatic rings. The van der Waals surface area contributed by atoms with E-state index in [-0.39, 0.29) is 0 Å². The summed E-state index contributed by atoms with van der Waals surface area (Å²) in [6.07, 6.45) is 13.9. The molecule has 3 nitrogen and oxygen atoms in total. The third-order valence-electron chi connectivity index (χ3n) is 6.02. The van der Waals surface area contributed by atoms with E-state index in [0.29, 0.717) is 5.92 Å². The second-order valence-electron chi connectivity index (χ2n) is 8.03. The van der Waals surface area contributed by atoms with E-state index >= 15 is 0 Å². The molecule has 3 heteroatoms. The van der Waals surface area contributed by atoms with E-state index in [1.165, 1.54) is 37.7 Å². The number of amidine groups is 1. The van der Waals surface area contributed by atoms with Gasteiger partial charge in [0.25, 0.3) is 0 Å². The minimum absolute atomic E-state index is 0.715. The summed E-state index contributed by atoms with van der Waals surface area (Å²) < 4.78 is 0. The quantitative estimate of drug-likeness (QED) is 0.284. The molecule has 1 N–H and O–H groups in total. The standard InChI is InChI=1S/C27H37N3/c1-7-10-20(4)30-27(28-6)23(9-3)19-29-21(5)24-15-17-26(18-16-24)25-13-11-22(8-2)12-14-25/h7,9-10,15-19,22,25H,1,3,8,11-14H2,2,4-6H3,(H,28,30)/b20-10+,23-19+,29-21?. The van der Waals surface area contributed by atoms with Gasteiger partial charge < -0.3 is 5.32 Å². The van der Waals surface area contributed by atoms with E-state index in [2.05, 4.69) is 59.6 Å². The maximum absolute atomic E-state index is 4.67. The summed E-state index contributed by atoms with van der Waals surface area (Å²) in [5.74, 6) is 2.38. The number of rotatable bonds is 8. The van der Waals surface area contributed by atoms with Gasteiger partial charge in [0.2, 0.25) is 0 Å². The van der Waals surface area contributed by atoms with Crippen molar-refractivity contribution in [3.8, 4) is 0 Å². The Balaban J connectivity index is 2.10. The lowest BCUT2D eigenvalue weighted by Crippen LogP contribution is -2.22. The Hall–Kier alpha value is -2.68. The molecule has 0 unspecified atom stereocenters. The van der Waals surface area contributed by atoms with Crippen LogP contribution in [0.3, 0.4) is 0 Å². The van der Waals surface area contributed by atoms with E-state index in [1.54, 1.807) is 19.2 Å². The fourth-order valence-corrected chi connectivity index (χ4v) is 4.01. The number of nitrogens with zero attached hydrogens (tertiary/aromatic N) is 2. The summed E-state index contributed by atoms with van der Waals surface area (Å²) in [5, 5.41) is 3.26. The van der Waals surface area contributed by atoms with Crippen LogP contribution in [0, 0.1) is 5.92 Å². The van der Waals surface area contributed by atoms with Gasteiger partial charge in [0, 0.05) is 30.2 Å². The summed E-state index contributed by atoms with van der Waals surface area (Å²) in [5.41, 5.74) is 5.40. The van der Waals surface area contributed by atoms with Gasteiger partial charge in [-0.3, -0.25) is 9.98 Å². The minimum atomic E-state index is 0.715. The molecule has 0 aromatic heterocycles. The van der Waals surface area contributed by atoms with Crippen LogP contribution in [-0.4, -0.2) is 18.6 Å². The van der Waals surface area contributed by atoms with Crippen molar-refractivity contribution in [2.75, 3.05) is 7.05 Å². The predicted molar refractivity (Wildman–Crippen MR) is 132 cm³/mol. The molecule has 1 saturated carbocycles. The highest BCUT2D eigenvalue weighted by atomic mass is 15.0. The molecule has 1 aromatic carbocycles. The monoisotopic (exact) mass is 403 g/mol. The smallest absolute Gasteiger partial charge is 0.133 e. The molecule has 160 valence electrons. The lowest BCUT2D eigenvalue weighted by molar-refractivity contribution is 0.319. The summed E-state index contributed by atoms with van der Waals surface area (Å²) in [6.45, 7) is 14.0. The highest BCUT2D eigenvalue weighted by Crippen LogP contribution is 2.36. The number of allylic oxidation sites excluding steroid dienone is 3. The van der Waals surface area contributed by atoms with Gasteiger partial charge in [0.1, 0.15) is 5.84 Å². The topological polar surface area (TPSA) is 36.8 Å². The van der Waals surface area contributed by atoms with Crippen LogP contribution in [0.15, 0.2) is 83.1 Å². The Morgan fingerprint density at radius 3 is 2.30 bits per heavy atom. The molecule has 1 fully saturated rings. The Kier molecular flexibility index (Phi) is 9.53. The number of hydrogen-bond acceptors (Lipinski definition) is 2. The SMILES string of the molecule is C=C/C=C(\C)NC(=NC)/C(C=C)=C/N=C(C)c1ccc(C2CCC(CC)CC2)cc1. The largest absolute Gasteiger partial charge is 0.344 e. The van der Waals surface area contributed by atoms with Gasteiger partial charge in [0.05, 0.1) is 0 Å². The van der Waals surface area contributed by atoms with Gasteiger partial charge >= 0.3 is 0 Å². The van der Waals surface area contributed by atoms with Crippen LogP contribution < -0.4 is 5.32 Å². The van der Waals surface area contributed by atoms with Gasteiger partial charge in [-0.2, -0.15) is 0 Å². The highest BCUT2D eigenvalue weighted by molar-refractivity contribution is 6.03. The number of aliphatic imine (C=N–C) groups is 2. The maximum Gasteiger partial charge on any atom is 0.133 e. The molecule has 2 rings (SSSR count). The van der Waals surface area contributed by atoms with Gasteiger partial charge in [-0.15, -0.1) is 0 Å². The summed E-state index contributed by atoms with van der Waals surface area (Å²) in [6, 6.07) is 8.97. The molecule has 1 aliphatic carbocycles. The van der Waals surface area contributed by atoms with Gasteiger partial charge in [-0.1, -0.05) is 62.9 Å². The average Bonchev–Trinajstić information content (AvgIpc) is 2.78.